The number of carbonyl (C=O) groups excluding carboxylic acids is 1. The number of rotatable bonds is 4. The van der Waals surface area contributed by atoms with Gasteiger partial charge in [0.1, 0.15) is 6.04 Å². The molecule has 1 saturated heterocycles. The number of halogens is 1. The van der Waals surface area contributed by atoms with Gasteiger partial charge in [0.05, 0.1) is 11.5 Å². The Morgan fingerprint density at radius 2 is 2.00 bits per heavy atom. The van der Waals surface area contributed by atoms with Crippen molar-refractivity contribution in [1.29, 1.82) is 0 Å². The van der Waals surface area contributed by atoms with Gasteiger partial charge in [0.2, 0.25) is 5.91 Å². The van der Waals surface area contributed by atoms with Gasteiger partial charge in [-0.1, -0.05) is 15.9 Å². The molecule has 1 aliphatic rings. The van der Waals surface area contributed by atoms with E-state index in [0.717, 1.165) is 10.2 Å². The van der Waals surface area contributed by atoms with E-state index in [4.69, 9.17) is 0 Å². The van der Waals surface area contributed by atoms with E-state index >= 15 is 0 Å². The van der Waals surface area contributed by atoms with Crippen molar-refractivity contribution >= 4 is 37.4 Å². The van der Waals surface area contributed by atoms with Crippen LogP contribution in [0.2, 0.25) is 0 Å². The van der Waals surface area contributed by atoms with Crippen LogP contribution >= 0.6 is 15.9 Å². The molecule has 2 rings (SSSR count). The molecule has 2 N–H and O–H groups in total. The summed E-state index contributed by atoms with van der Waals surface area (Å²) in [4.78, 5) is 12.0. The zero-order valence-electron chi connectivity index (χ0n) is 11.1. The van der Waals surface area contributed by atoms with Gasteiger partial charge in [0.25, 0.3) is 0 Å². The highest BCUT2D eigenvalue weighted by Gasteiger charge is 2.29. The second-order valence-corrected chi connectivity index (χ2v) is 8.13. The molecule has 2 atom stereocenters. The van der Waals surface area contributed by atoms with Crippen LogP contribution in [-0.2, 0) is 14.6 Å². The first-order valence-corrected chi connectivity index (χ1v) is 9.00. The maximum Gasteiger partial charge on any atom is 0.242 e. The number of benzene rings is 1. The molecule has 110 valence electrons. The van der Waals surface area contributed by atoms with Crippen LogP contribution in [0.5, 0.6) is 0 Å². The molecule has 5 nitrogen and oxygen atoms in total. The summed E-state index contributed by atoms with van der Waals surface area (Å²) in [6.07, 6.45) is 0.499. The number of carbonyl (C=O) groups is 1. The Morgan fingerprint density at radius 1 is 1.35 bits per heavy atom. The minimum atomic E-state index is -2.97. The second-order valence-electron chi connectivity index (χ2n) is 4.98. The average Bonchev–Trinajstić information content (AvgIpc) is 2.71. The number of hydrogen-bond acceptors (Lipinski definition) is 4. The van der Waals surface area contributed by atoms with Gasteiger partial charge in [0, 0.05) is 16.2 Å². The maximum absolute atomic E-state index is 12.0. The van der Waals surface area contributed by atoms with Crippen molar-refractivity contribution in [3.8, 4) is 0 Å². The van der Waals surface area contributed by atoms with Gasteiger partial charge in [-0.2, -0.15) is 0 Å². The lowest BCUT2D eigenvalue weighted by Crippen LogP contribution is -2.43. The molecule has 0 saturated carbocycles. The summed E-state index contributed by atoms with van der Waals surface area (Å²) in [6, 6.07) is 6.83. The lowest BCUT2D eigenvalue weighted by molar-refractivity contribution is -0.122. The molecule has 1 fully saturated rings. The summed E-state index contributed by atoms with van der Waals surface area (Å²) in [7, 11) is -2.97. The number of amides is 1. The van der Waals surface area contributed by atoms with Gasteiger partial charge in [-0.05, 0) is 37.6 Å². The minimum absolute atomic E-state index is 0.0454. The summed E-state index contributed by atoms with van der Waals surface area (Å²) in [5, 5.41) is 5.86. The van der Waals surface area contributed by atoms with Crippen molar-refractivity contribution in [2.75, 3.05) is 16.8 Å². The number of nitrogens with one attached hydrogen (secondary N) is 2. The normalized spacial score (nSPS) is 22.2. The first-order valence-electron chi connectivity index (χ1n) is 6.39. The topological polar surface area (TPSA) is 75.3 Å². The minimum Gasteiger partial charge on any atom is -0.374 e. The third-order valence-electron chi connectivity index (χ3n) is 3.20. The summed E-state index contributed by atoms with van der Waals surface area (Å²) < 4.78 is 23.7. The van der Waals surface area contributed by atoms with E-state index in [0.29, 0.717) is 6.42 Å². The molecule has 0 unspecified atom stereocenters. The first kappa shape index (κ1) is 15.3. The molecule has 1 heterocycles. The second kappa shape index (κ2) is 6.13. The fourth-order valence-corrected chi connectivity index (χ4v) is 4.03. The highest BCUT2D eigenvalue weighted by molar-refractivity contribution is 9.10. The molecule has 0 aliphatic carbocycles. The Balaban J connectivity index is 1.88. The van der Waals surface area contributed by atoms with E-state index < -0.39 is 15.9 Å². The van der Waals surface area contributed by atoms with Crippen LogP contribution in [0.3, 0.4) is 0 Å². The van der Waals surface area contributed by atoms with E-state index in [1.807, 2.05) is 24.3 Å². The Bertz CT molecular complexity index is 586. The molecular formula is C13H17BrN2O3S. The van der Waals surface area contributed by atoms with Crippen molar-refractivity contribution in [3.05, 3.63) is 28.7 Å². The standard InChI is InChI=1S/C13H17BrN2O3S/c1-9(15-11-4-2-10(14)3-5-11)13(17)16-12-6-7-20(18,19)8-12/h2-5,9,12,15H,6-8H2,1H3,(H,16,17)/t9-,12-/m1/s1. The van der Waals surface area contributed by atoms with Crippen LogP contribution in [0.15, 0.2) is 28.7 Å². The van der Waals surface area contributed by atoms with E-state index in [9.17, 15) is 13.2 Å². The van der Waals surface area contributed by atoms with Crippen LogP contribution in [0.1, 0.15) is 13.3 Å². The molecule has 0 bridgehead atoms. The molecule has 1 amide bonds. The van der Waals surface area contributed by atoms with Crippen LogP contribution in [0, 0.1) is 0 Å². The van der Waals surface area contributed by atoms with Crippen LogP contribution in [0.25, 0.3) is 0 Å². The van der Waals surface area contributed by atoms with Gasteiger partial charge in [0.15, 0.2) is 9.84 Å². The highest BCUT2D eigenvalue weighted by Crippen LogP contribution is 2.15. The molecule has 7 heteroatoms. The van der Waals surface area contributed by atoms with Crippen LogP contribution in [-0.4, -0.2) is 37.9 Å². The molecular weight excluding hydrogens is 344 g/mol. The predicted octanol–water partition coefficient (Wildman–Crippen LogP) is 1.55. The summed E-state index contributed by atoms with van der Waals surface area (Å²) in [6.45, 7) is 1.75. The van der Waals surface area contributed by atoms with Crippen LogP contribution < -0.4 is 10.6 Å². The zero-order chi connectivity index (χ0) is 14.8. The van der Waals surface area contributed by atoms with Crippen molar-refractivity contribution in [2.45, 2.75) is 25.4 Å². The number of anilines is 1. The highest BCUT2D eigenvalue weighted by atomic mass is 79.9. The molecule has 1 aromatic rings. The molecule has 1 aliphatic heterocycles. The predicted molar refractivity (Wildman–Crippen MR) is 82.4 cm³/mol. The third-order valence-corrected chi connectivity index (χ3v) is 5.50. The van der Waals surface area contributed by atoms with Crippen LogP contribution in [0.4, 0.5) is 5.69 Å². The van der Waals surface area contributed by atoms with Gasteiger partial charge in [-0.3, -0.25) is 4.79 Å². The Morgan fingerprint density at radius 3 is 2.55 bits per heavy atom. The fraction of sp³-hybridized carbons (Fsp3) is 0.462. The van der Waals surface area contributed by atoms with Crippen molar-refractivity contribution in [1.82, 2.24) is 5.32 Å². The van der Waals surface area contributed by atoms with E-state index in [1.165, 1.54) is 0 Å². The van der Waals surface area contributed by atoms with Crippen molar-refractivity contribution in [3.63, 3.8) is 0 Å². The molecule has 0 radical (unpaired) electrons. The Labute approximate surface area is 127 Å². The smallest absolute Gasteiger partial charge is 0.242 e. The van der Waals surface area contributed by atoms with Crippen molar-refractivity contribution in [2.24, 2.45) is 0 Å². The molecule has 0 spiro atoms. The molecule has 0 aromatic heterocycles. The monoisotopic (exact) mass is 360 g/mol. The molecule has 20 heavy (non-hydrogen) atoms. The fourth-order valence-electron chi connectivity index (χ4n) is 2.10. The average molecular weight is 361 g/mol. The summed E-state index contributed by atoms with van der Waals surface area (Å²) >= 11 is 3.35. The first-order chi connectivity index (χ1) is 9.35. The lowest BCUT2D eigenvalue weighted by atomic mass is 10.2. The van der Waals surface area contributed by atoms with Gasteiger partial charge in [-0.25, -0.2) is 8.42 Å². The Hall–Kier alpha value is -1.08. The van der Waals surface area contributed by atoms with E-state index in [-0.39, 0.29) is 23.5 Å². The van der Waals surface area contributed by atoms with Gasteiger partial charge < -0.3 is 10.6 Å². The van der Waals surface area contributed by atoms with Crippen molar-refractivity contribution < 1.29 is 13.2 Å². The quantitative estimate of drug-likeness (QED) is 0.854. The third kappa shape index (κ3) is 4.21. The lowest BCUT2D eigenvalue weighted by Gasteiger charge is -2.18. The van der Waals surface area contributed by atoms with E-state index in [2.05, 4.69) is 26.6 Å². The van der Waals surface area contributed by atoms with Gasteiger partial charge >= 0.3 is 0 Å². The summed E-state index contributed by atoms with van der Waals surface area (Å²) in [5.74, 6) is 0.0194. The zero-order valence-corrected chi connectivity index (χ0v) is 13.5. The SMILES string of the molecule is C[C@@H](Nc1ccc(Br)cc1)C(=O)N[C@@H]1CCS(=O)(=O)C1. The molecule has 1 aromatic carbocycles. The number of hydrogen-bond donors (Lipinski definition) is 2. The number of sulfone groups is 1. The maximum atomic E-state index is 12.0. The largest absolute Gasteiger partial charge is 0.374 e. The van der Waals surface area contributed by atoms with E-state index in [1.54, 1.807) is 6.92 Å². The summed E-state index contributed by atoms with van der Waals surface area (Å²) in [5.41, 5.74) is 0.842. The van der Waals surface area contributed by atoms with Gasteiger partial charge in [-0.15, -0.1) is 0 Å². The Kier molecular flexibility index (Phi) is 4.70.